The summed E-state index contributed by atoms with van der Waals surface area (Å²) in [7, 11) is -17.8. The summed E-state index contributed by atoms with van der Waals surface area (Å²) in [6, 6.07) is 54.2. The summed E-state index contributed by atoms with van der Waals surface area (Å²) in [4.78, 5) is -1.41. The molecule has 0 aliphatic rings. The average molecular weight is 1830 g/mol. The van der Waals surface area contributed by atoms with Crippen LogP contribution in [0.2, 0.25) is 0 Å². The molecule has 0 atom stereocenters. The van der Waals surface area contributed by atoms with Gasteiger partial charge >= 0.3 is 0 Å². The first kappa shape index (κ1) is 95.9. The van der Waals surface area contributed by atoms with Crippen LogP contribution in [0.1, 0.15) is 77.9 Å². The molecule has 0 saturated carbocycles. The molecule has 0 aliphatic carbocycles. The van der Waals surface area contributed by atoms with E-state index in [0.29, 0.717) is 89.0 Å². The first-order chi connectivity index (χ1) is 60.9. The van der Waals surface area contributed by atoms with Crippen molar-refractivity contribution in [3.05, 3.63) is 272 Å². The van der Waals surface area contributed by atoms with E-state index in [4.69, 9.17) is 28.7 Å². The summed E-state index contributed by atoms with van der Waals surface area (Å²) in [5.41, 5.74) is 45.5. The average Bonchev–Trinajstić information content (AvgIpc) is 0.776. The first-order valence-corrected chi connectivity index (χ1v) is 45.2. The number of phenols is 5. The number of phenolic OH excluding ortho intramolecular Hbond substituents is 5. The van der Waals surface area contributed by atoms with Crippen molar-refractivity contribution in [1.29, 1.82) is 0 Å². The van der Waals surface area contributed by atoms with E-state index in [1.807, 2.05) is 126 Å². The lowest BCUT2D eigenvalue weighted by Gasteiger charge is -2.11. The van der Waals surface area contributed by atoms with Crippen molar-refractivity contribution >= 4 is 180 Å². The van der Waals surface area contributed by atoms with E-state index >= 15 is 0 Å². The maximum atomic E-state index is 11.7. The van der Waals surface area contributed by atoms with E-state index in [1.165, 1.54) is 60.2 Å². The number of azo groups is 5. The van der Waals surface area contributed by atoms with E-state index in [1.54, 1.807) is 110 Å². The Labute approximate surface area is 749 Å². The number of hydrogen-bond acceptors (Lipinski definition) is 28. The molecular formula is C94H93N15O17S4. The van der Waals surface area contributed by atoms with Gasteiger partial charge in [-0.15, -0.1) is 46.0 Å². The summed E-state index contributed by atoms with van der Waals surface area (Å²) >= 11 is 0. The van der Waals surface area contributed by atoms with Gasteiger partial charge in [-0.1, -0.05) is 66.2 Å². The Bertz CT molecular complexity index is 7790. The number of benzene rings is 15. The zero-order chi connectivity index (χ0) is 95.4. The van der Waals surface area contributed by atoms with Crippen LogP contribution in [0.15, 0.2) is 265 Å². The van der Waals surface area contributed by atoms with Gasteiger partial charge in [-0.3, -0.25) is 18.2 Å². The van der Waals surface area contributed by atoms with Crippen LogP contribution in [-0.4, -0.2) is 77.4 Å². The second-order valence-electron chi connectivity index (χ2n) is 31.3. The van der Waals surface area contributed by atoms with Crippen molar-refractivity contribution in [2.24, 2.45) is 51.1 Å². The summed E-state index contributed by atoms with van der Waals surface area (Å²) in [5, 5.41) is 100. The SMILES string of the molecule is Cc1cc(N)c2c(O)c(N=Nc3cc(C)c(C)cc3S(=O)(=O)O)c(C)cc2c1.Cc1cc(N)c2c(O)c(N=Nc3ccccc3S(=O)(=O)O)c(C)cc2c1.Cc1ccc(N=Nc2c(C)cc3cc(C)cc(N)c3c2O)c(S(=O)(=O)O)c1.Cc1ccc(N=Nc2c(C)cc3cc(N)ccc3c2O)cc1.Cc1ccc(S(=O)(=O)O)c(N=Nc2c(C)cc3cc(C)cc(N)c3c2O)c1. The highest BCUT2D eigenvalue weighted by atomic mass is 32.2. The van der Waals surface area contributed by atoms with Gasteiger partial charge in [-0.25, -0.2) is 0 Å². The van der Waals surface area contributed by atoms with Crippen LogP contribution < -0.4 is 28.7 Å². The van der Waals surface area contributed by atoms with Crippen molar-refractivity contribution in [3.63, 3.8) is 0 Å². The van der Waals surface area contributed by atoms with Crippen molar-refractivity contribution in [1.82, 2.24) is 0 Å². The fourth-order valence-corrected chi connectivity index (χ4v) is 16.9. The van der Waals surface area contributed by atoms with Crippen molar-refractivity contribution < 1.29 is 77.4 Å². The second kappa shape index (κ2) is 38.4. The number of nitrogens with zero attached hydrogens (tertiary/aromatic N) is 10. The Morgan fingerprint density at radius 2 is 0.538 bits per heavy atom. The number of aryl methyl sites for hydroxylation is 14. The molecule has 0 unspecified atom stereocenters. The summed E-state index contributed by atoms with van der Waals surface area (Å²) in [6.45, 7) is 25.5. The first-order valence-electron chi connectivity index (χ1n) is 39.5. The molecule has 0 heterocycles. The number of rotatable bonds is 14. The predicted octanol–water partition coefficient (Wildman–Crippen LogP) is 24.0. The van der Waals surface area contributed by atoms with Crippen LogP contribution >= 0.6 is 0 Å². The third-order valence-electron chi connectivity index (χ3n) is 20.6. The minimum Gasteiger partial charge on any atom is -0.505 e. The van der Waals surface area contributed by atoms with Crippen LogP contribution in [0.5, 0.6) is 28.7 Å². The van der Waals surface area contributed by atoms with Crippen molar-refractivity contribution in [3.8, 4) is 28.7 Å². The molecule has 15 aromatic carbocycles. The fraction of sp³-hybridized carbons (Fsp3) is 0.149. The number of fused-ring (bicyclic) bond motifs is 5. The zero-order valence-electron chi connectivity index (χ0n) is 72.8. The van der Waals surface area contributed by atoms with E-state index < -0.39 is 40.5 Å². The van der Waals surface area contributed by atoms with Gasteiger partial charge in [0.1, 0.15) is 70.8 Å². The lowest BCUT2D eigenvalue weighted by molar-refractivity contribution is 0.480. The maximum Gasteiger partial charge on any atom is 0.296 e. The van der Waals surface area contributed by atoms with Crippen molar-refractivity contribution in [2.45, 2.75) is 117 Å². The van der Waals surface area contributed by atoms with Gasteiger partial charge in [-0.2, -0.15) is 38.8 Å². The van der Waals surface area contributed by atoms with E-state index in [9.17, 15) is 77.4 Å². The van der Waals surface area contributed by atoms with E-state index in [0.717, 1.165) is 76.9 Å². The number of nitrogens with two attached hydrogens (primary N) is 5. The Hall–Kier alpha value is -14.8. The highest BCUT2D eigenvalue weighted by molar-refractivity contribution is 7.86. The molecule has 0 fully saturated rings. The quantitative estimate of drug-likeness (QED) is 0.0273. The molecule has 19 N–H and O–H groups in total. The molecule has 0 amide bonds. The Balaban J connectivity index is 0.000000157. The van der Waals surface area contributed by atoms with Gasteiger partial charge in [0.2, 0.25) is 0 Å². The molecule has 0 bridgehead atoms. The van der Waals surface area contributed by atoms with Crippen LogP contribution in [0.4, 0.5) is 85.3 Å². The molecule has 32 nitrogen and oxygen atoms in total. The normalized spacial score (nSPS) is 12.0. The summed E-state index contributed by atoms with van der Waals surface area (Å²) in [6.07, 6.45) is 0. The van der Waals surface area contributed by atoms with Crippen LogP contribution in [-0.2, 0) is 40.5 Å². The van der Waals surface area contributed by atoms with Gasteiger partial charge in [0.15, 0.2) is 28.7 Å². The standard InChI is InChI=1S/C20H21N3O4S.2C19H19N3O4S.C18H17N3O4S.C18H17N3O/c1-10-5-14-7-13(4)19(20(24)18(14)15(21)6-10)23-22-16-8-11(2)12(3)9-17(16)28(25,26)27;1-10-4-5-16(27(24,25)26)15(8-10)21-22-18-12(3)9-13-6-11(2)7-14(20)17(13)19(18)23;1-10-4-5-15(16(8-10)27(24,25)26)21-22-18-12(3)9-13-6-11(2)7-14(20)17(13)19(18)23;1-10-7-12-9-11(2)17(18(22)16(12)13(19)8-10)21-20-14-5-3-4-6-15(14)26(23,24)25;1-11-3-6-15(7-4-11)20-21-17-12(2)9-13-10-14(19)5-8-16(13)18(17)22/h5-9,24H,21H2,1-4H3,(H,25,26,27);2*4-9,23H,20H2,1-3H3,(H,24,25,26);3-9,22H,19H2,1-2H3,(H,23,24,25);3-10,22H,19H2,1-2H3. The summed E-state index contributed by atoms with van der Waals surface area (Å²) in [5.74, 6) is -0.399. The van der Waals surface area contributed by atoms with Gasteiger partial charge in [0.25, 0.3) is 40.5 Å². The second-order valence-corrected chi connectivity index (χ2v) is 36.9. The number of hydrogen-bond donors (Lipinski definition) is 14. The number of nitrogen functional groups attached to an aromatic ring is 5. The Morgan fingerprint density at radius 3 is 0.938 bits per heavy atom. The molecular weight excluding hydrogens is 1740 g/mol. The lowest BCUT2D eigenvalue weighted by atomic mass is 10.0. The third kappa shape index (κ3) is 22.1. The molecule has 0 aliphatic heterocycles. The summed E-state index contributed by atoms with van der Waals surface area (Å²) < 4.78 is 130. The highest BCUT2D eigenvalue weighted by Gasteiger charge is 2.24. The molecule has 670 valence electrons. The third-order valence-corrected chi connectivity index (χ3v) is 24.2. The van der Waals surface area contributed by atoms with Crippen LogP contribution in [0, 0.1) is 96.9 Å². The Kier molecular flexibility index (Phi) is 28.3. The number of aromatic hydroxyl groups is 5. The molecule has 0 saturated heterocycles. The maximum absolute atomic E-state index is 11.7. The van der Waals surface area contributed by atoms with Gasteiger partial charge in [0, 0.05) is 55.4 Å². The molecule has 0 aromatic heterocycles. The van der Waals surface area contributed by atoms with E-state index in [-0.39, 0.29) is 93.8 Å². The molecule has 0 spiro atoms. The highest BCUT2D eigenvalue weighted by Crippen LogP contribution is 2.48. The van der Waals surface area contributed by atoms with E-state index in [2.05, 4.69) is 51.1 Å². The minimum atomic E-state index is -4.48. The minimum absolute atomic E-state index is 0.0126. The molecule has 15 aromatic rings. The van der Waals surface area contributed by atoms with Crippen molar-refractivity contribution in [2.75, 3.05) is 28.7 Å². The topological polar surface area (TPSA) is 572 Å². The molecule has 15 rings (SSSR count). The fourth-order valence-electron chi connectivity index (χ4n) is 14.3. The van der Waals surface area contributed by atoms with Gasteiger partial charge < -0.3 is 54.2 Å². The largest absolute Gasteiger partial charge is 0.505 e. The Morgan fingerprint density at radius 1 is 0.231 bits per heavy atom. The lowest BCUT2D eigenvalue weighted by Crippen LogP contribution is -2.00. The monoisotopic (exact) mass is 1830 g/mol. The molecule has 0 radical (unpaired) electrons. The number of anilines is 5. The van der Waals surface area contributed by atoms with Gasteiger partial charge in [-0.05, 0) is 330 Å². The van der Waals surface area contributed by atoms with Crippen LogP contribution in [0.3, 0.4) is 0 Å². The smallest absolute Gasteiger partial charge is 0.296 e. The molecule has 130 heavy (non-hydrogen) atoms. The molecule has 36 heteroatoms. The zero-order valence-corrected chi connectivity index (χ0v) is 76.0. The van der Waals surface area contributed by atoms with Crippen LogP contribution in [0.25, 0.3) is 53.9 Å². The predicted molar refractivity (Wildman–Crippen MR) is 509 cm³/mol. The van der Waals surface area contributed by atoms with Gasteiger partial charge in [0.05, 0.1) is 5.69 Å².